The molecule has 1 aromatic carbocycles. The third-order valence-corrected chi connectivity index (χ3v) is 2.77. The van der Waals surface area contributed by atoms with Gasteiger partial charge in [-0.05, 0) is 32.0 Å². The van der Waals surface area contributed by atoms with Crippen LogP contribution in [0.3, 0.4) is 0 Å². The van der Waals surface area contributed by atoms with Crippen LogP contribution in [0, 0.1) is 0 Å². The molecule has 0 heterocycles. The highest BCUT2D eigenvalue weighted by molar-refractivity contribution is 6.33. The molecule has 0 unspecified atom stereocenters. The molecule has 0 aromatic heterocycles. The van der Waals surface area contributed by atoms with Crippen LogP contribution in [0.1, 0.15) is 24.2 Å². The third kappa shape index (κ3) is 4.83. The summed E-state index contributed by atoms with van der Waals surface area (Å²) in [6.45, 7) is 3.63. The minimum absolute atomic E-state index is 0.0297. The SMILES string of the molecule is CC(C)OCC(=O)Nc1cc(C(=O)N(C)C)ccc1Cl. The predicted octanol–water partition coefficient (Wildman–Crippen LogP) is 2.41. The van der Waals surface area contributed by atoms with Crippen molar-refractivity contribution in [3.8, 4) is 0 Å². The Balaban J connectivity index is 2.81. The Kier molecular flexibility index (Phi) is 5.98. The molecule has 2 amide bonds. The number of benzene rings is 1. The van der Waals surface area contributed by atoms with Gasteiger partial charge in [-0.1, -0.05) is 11.6 Å². The summed E-state index contributed by atoms with van der Waals surface area (Å²) in [5.74, 6) is -0.467. The number of rotatable bonds is 5. The highest BCUT2D eigenvalue weighted by atomic mass is 35.5. The molecule has 6 heteroatoms. The van der Waals surface area contributed by atoms with Crippen molar-refractivity contribution in [1.29, 1.82) is 0 Å². The third-order valence-electron chi connectivity index (χ3n) is 2.44. The van der Waals surface area contributed by atoms with E-state index in [1.54, 1.807) is 32.3 Å². The van der Waals surface area contributed by atoms with E-state index in [1.807, 2.05) is 13.8 Å². The molecule has 0 fully saturated rings. The lowest BCUT2D eigenvalue weighted by Gasteiger charge is -2.13. The maximum Gasteiger partial charge on any atom is 0.253 e. The molecule has 1 N–H and O–H groups in total. The minimum atomic E-state index is -0.310. The number of nitrogens with zero attached hydrogens (tertiary/aromatic N) is 1. The fraction of sp³-hybridized carbons (Fsp3) is 0.429. The number of ether oxygens (including phenoxy) is 1. The second-order valence-electron chi connectivity index (χ2n) is 4.80. The van der Waals surface area contributed by atoms with E-state index in [0.717, 1.165) is 0 Å². The van der Waals surface area contributed by atoms with Gasteiger partial charge in [0.1, 0.15) is 6.61 Å². The summed E-state index contributed by atoms with van der Waals surface area (Å²) in [4.78, 5) is 25.0. The quantitative estimate of drug-likeness (QED) is 0.908. The fourth-order valence-corrected chi connectivity index (χ4v) is 1.61. The van der Waals surface area contributed by atoms with Gasteiger partial charge >= 0.3 is 0 Å². The molecule has 0 atom stereocenters. The first-order valence-corrected chi connectivity index (χ1v) is 6.61. The van der Waals surface area contributed by atoms with Gasteiger partial charge in [-0.15, -0.1) is 0 Å². The Labute approximate surface area is 123 Å². The van der Waals surface area contributed by atoms with Gasteiger partial charge in [0.05, 0.1) is 16.8 Å². The summed E-state index contributed by atoms with van der Waals surface area (Å²) in [6, 6.07) is 4.75. The van der Waals surface area contributed by atoms with Gasteiger partial charge in [0.25, 0.3) is 5.91 Å². The van der Waals surface area contributed by atoms with Gasteiger partial charge < -0.3 is 15.0 Å². The molecule has 0 spiro atoms. The van der Waals surface area contributed by atoms with E-state index in [0.29, 0.717) is 16.3 Å². The van der Waals surface area contributed by atoms with Gasteiger partial charge in [0, 0.05) is 19.7 Å². The molecule has 0 saturated carbocycles. The van der Waals surface area contributed by atoms with Crippen LogP contribution in [-0.4, -0.2) is 43.5 Å². The number of anilines is 1. The minimum Gasteiger partial charge on any atom is -0.369 e. The highest BCUT2D eigenvalue weighted by Gasteiger charge is 2.12. The first-order chi connectivity index (χ1) is 9.31. The summed E-state index contributed by atoms with van der Waals surface area (Å²) in [6.07, 6.45) is -0.0297. The number of carbonyl (C=O) groups is 2. The van der Waals surface area contributed by atoms with E-state index >= 15 is 0 Å². The second-order valence-corrected chi connectivity index (χ2v) is 5.21. The zero-order valence-electron chi connectivity index (χ0n) is 12.1. The Morgan fingerprint density at radius 2 is 2.00 bits per heavy atom. The van der Waals surface area contributed by atoms with E-state index in [1.165, 1.54) is 4.90 Å². The first-order valence-electron chi connectivity index (χ1n) is 6.24. The van der Waals surface area contributed by atoms with Crippen LogP contribution in [-0.2, 0) is 9.53 Å². The molecule has 0 aliphatic carbocycles. The Bertz CT molecular complexity index is 501. The normalized spacial score (nSPS) is 10.5. The van der Waals surface area contributed by atoms with E-state index < -0.39 is 0 Å². The van der Waals surface area contributed by atoms with E-state index in [4.69, 9.17) is 16.3 Å². The van der Waals surface area contributed by atoms with Crippen molar-refractivity contribution in [2.45, 2.75) is 20.0 Å². The lowest BCUT2D eigenvalue weighted by molar-refractivity contribution is -0.121. The van der Waals surface area contributed by atoms with Crippen LogP contribution < -0.4 is 5.32 Å². The van der Waals surface area contributed by atoms with Gasteiger partial charge in [-0.25, -0.2) is 0 Å². The summed E-state index contributed by atoms with van der Waals surface area (Å²) < 4.78 is 5.20. The summed E-state index contributed by atoms with van der Waals surface area (Å²) >= 11 is 6.01. The molecule has 0 saturated heterocycles. The van der Waals surface area contributed by atoms with E-state index in [-0.39, 0.29) is 24.5 Å². The van der Waals surface area contributed by atoms with E-state index in [9.17, 15) is 9.59 Å². The number of amides is 2. The Hall–Kier alpha value is -1.59. The first kappa shape index (κ1) is 16.5. The largest absolute Gasteiger partial charge is 0.369 e. The molecule has 20 heavy (non-hydrogen) atoms. The maximum atomic E-state index is 11.9. The molecule has 5 nitrogen and oxygen atoms in total. The number of nitrogens with one attached hydrogen (secondary N) is 1. The van der Waals surface area contributed by atoms with Crippen molar-refractivity contribution in [3.63, 3.8) is 0 Å². The standard InChI is InChI=1S/C14H19ClN2O3/c1-9(2)20-8-13(18)16-12-7-10(5-6-11(12)15)14(19)17(3)4/h5-7,9H,8H2,1-4H3,(H,16,18). The average molecular weight is 299 g/mol. The highest BCUT2D eigenvalue weighted by Crippen LogP contribution is 2.23. The predicted molar refractivity (Wildman–Crippen MR) is 79.2 cm³/mol. The van der Waals surface area contributed by atoms with Crippen molar-refractivity contribution in [2.75, 3.05) is 26.0 Å². The van der Waals surface area contributed by atoms with Crippen molar-refractivity contribution in [2.24, 2.45) is 0 Å². The number of hydrogen-bond donors (Lipinski definition) is 1. The van der Waals surface area contributed by atoms with Gasteiger partial charge in [-0.2, -0.15) is 0 Å². The number of hydrogen-bond acceptors (Lipinski definition) is 3. The fourth-order valence-electron chi connectivity index (χ4n) is 1.44. The second kappa shape index (κ2) is 7.26. The van der Waals surface area contributed by atoms with Gasteiger partial charge in [0.15, 0.2) is 0 Å². The van der Waals surface area contributed by atoms with Crippen molar-refractivity contribution in [3.05, 3.63) is 28.8 Å². The maximum absolute atomic E-state index is 11.9. The summed E-state index contributed by atoms with van der Waals surface area (Å²) in [5.41, 5.74) is 0.858. The molecule has 0 aliphatic rings. The van der Waals surface area contributed by atoms with Crippen LogP contribution in [0.2, 0.25) is 5.02 Å². The van der Waals surface area contributed by atoms with Crippen molar-refractivity contribution < 1.29 is 14.3 Å². The lowest BCUT2D eigenvalue weighted by atomic mass is 10.2. The van der Waals surface area contributed by atoms with Crippen LogP contribution in [0.4, 0.5) is 5.69 Å². The van der Waals surface area contributed by atoms with Crippen LogP contribution in [0.5, 0.6) is 0 Å². The number of halogens is 1. The zero-order valence-corrected chi connectivity index (χ0v) is 12.8. The van der Waals surface area contributed by atoms with Crippen molar-refractivity contribution >= 4 is 29.1 Å². The Morgan fingerprint density at radius 3 is 2.55 bits per heavy atom. The molecule has 1 aromatic rings. The lowest BCUT2D eigenvalue weighted by Crippen LogP contribution is -2.23. The van der Waals surface area contributed by atoms with Crippen molar-refractivity contribution in [1.82, 2.24) is 4.90 Å². The Morgan fingerprint density at radius 1 is 1.35 bits per heavy atom. The van der Waals surface area contributed by atoms with Crippen LogP contribution >= 0.6 is 11.6 Å². The zero-order chi connectivity index (χ0) is 15.3. The molecule has 0 bridgehead atoms. The summed E-state index contributed by atoms with van der Waals surface area (Å²) in [7, 11) is 3.32. The molecule has 0 aliphatic heterocycles. The van der Waals surface area contributed by atoms with Crippen LogP contribution in [0.15, 0.2) is 18.2 Å². The van der Waals surface area contributed by atoms with Crippen LogP contribution in [0.25, 0.3) is 0 Å². The summed E-state index contributed by atoms with van der Waals surface area (Å²) in [5, 5.41) is 3.01. The van der Waals surface area contributed by atoms with Gasteiger partial charge in [0.2, 0.25) is 5.91 Å². The molecular formula is C14H19ClN2O3. The monoisotopic (exact) mass is 298 g/mol. The van der Waals surface area contributed by atoms with Gasteiger partial charge in [-0.3, -0.25) is 9.59 Å². The number of carbonyl (C=O) groups excluding carboxylic acids is 2. The average Bonchev–Trinajstić information content (AvgIpc) is 2.38. The molecule has 110 valence electrons. The smallest absolute Gasteiger partial charge is 0.253 e. The molecular weight excluding hydrogens is 280 g/mol. The molecule has 0 radical (unpaired) electrons. The topological polar surface area (TPSA) is 58.6 Å². The van der Waals surface area contributed by atoms with E-state index in [2.05, 4.69) is 5.32 Å². The molecule has 1 rings (SSSR count).